The van der Waals surface area contributed by atoms with Crippen LogP contribution in [0.4, 0.5) is 31.1 Å². The Morgan fingerprint density at radius 3 is 1.85 bits per heavy atom. The minimum Gasteiger partial charge on any atom is -0.743 e. The van der Waals surface area contributed by atoms with Crippen molar-refractivity contribution in [3.05, 3.63) is 36.4 Å². The lowest BCUT2D eigenvalue weighted by Gasteiger charge is -2.38. The van der Waals surface area contributed by atoms with Crippen LogP contribution in [0, 0.1) is 0 Å². The molecule has 1 amide bonds. The lowest BCUT2D eigenvalue weighted by Crippen LogP contribution is -2.64. The van der Waals surface area contributed by atoms with Gasteiger partial charge in [-0.05, 0) is 17.7 Å². The highest BCUT2D eigenvalue weighted by molar-refractivity contribution is 7.90. The number of sulfonamides is 1. The second-order valence-electron chi connectivity index (χ2n) is 6.59. The van der Waals surface area contributed by atoms with Gasteiger partial charge >= 0.3 is 22.5 Å². The minimum atomic E-state index is -7.36. The molecule has 1 aliphatic rings. The van der Waals surface area contributed by atoms with Crippen molar-refractivity contribution in [2.24, 2.45) is 0 Å². The molecule has 1 aromatic carbocycles. The minimum absolute atomic E-state index is 0.0629. The third-order valence-electron chi connectivity index (χ3n) is 4.53. The van der Waals surface area contributed by atoms with E-state index in [2.05, 4.69) is 6.58 Å². The maximum Gasteiger partial charge on any atom is 0.428 e. The van der Waals surface area contributed by atoms with E-state index >= 15 is 0 Å². The van der Waals surface area contributed by atoms with Gasteiger partial charge in [-0.25, -0.2) is 21.6 Å². The van der Waals surface area contributed by atoms with Crippen molar-refractivity contribution in [2.45, 2.75) is 16.4 Å². The Labute approximate surface area is 184 Å². The number of piperazine rings is 1. The summed E-state index contributed by atoms with van der Waals surface area (Å²) in [5.41, 5.74) is 0.696. The SMILES string of the molecule is C=Cc1ccc(OC(=O)N2CCN(S(=O)(=O)C(F)(F)C(F)(F)C(F)(F)S(=O)(=O)[O-])CC2)cc1. The molecule has 2 rings (SSSR count). The molecule has 0 aliphatic carbocycles. The van der Waals surface area contributed by atoms with Crippen molar-refractivity contribution in [1.82, 2.24) is 9.21 Å². The Hall–Kier alpha value is -2.37. The smallest absolute Gasteiger partial charge is 0.428 e. The second kappa shape index (κ2) is 8.77. The normalized spacial score (nSPS) is 17.0. The van der Waals surface area contributed by atoms with Gasteiger partial charge < -0.3 is 14.2 Å². The molecule has 1 saturated heterocycles. The molecule has 0 radical (unpaired) electrons. The van der Waals surface area contributed by atoms with Crippen LogP contribution in [-0.4, -0.2) is 79.3 Å². The number of halogens is 6. The van der Waals surface area contributed by atoms with E-state index in [1.54, 1.807) is 12.1 Å². The Balaban J connectivity index is 2.14. The predicted octanol–water partition coefficient (Wildman–Crippen LogP) is 2.14. The molecule has 186 valence electrons. The molecule has 0 atom stereocenters. The first kappa shape index (κ1) is 26.9. The van der Waals surface area contributed by atoms with Crippen LogP contribution in [0.2, 0.25) is 0 Å². The molecule has 1 heterocycles. The third-order valence-corrected chi connectivity index (χ3v) is 7.36. The fourth-order valence-electron chi connectivity index (χ4n) is 2.60. The van der Waals surface area contributed by atoms with Crippen molar-refractivity contribution in [3.8, 4) is 5.75 Å². The Kier molecular flexibility index (Phi) is 7.14. The van der Waals surface area contributed by atoms with Crippen molar-refractivity contribution >= 4 is 32.3 Å². The molecule has 17 heteroatoms. The van der Waals surface area contributed by atoms with E-state index in [0.29, 0.717) is 5.56 Å². The molecule has 9 nitrogen and oxygen atoms in total. The fourth-order valence-corrected chi connectivity index (χ4v) is 4.53. The van der Waals surface area contributed by atoms with Gasteiger partial charge in [-0.3, -0.25) is 0 Å². The first-order valence-electron chi connectivity index (χ1n) is 8.68. The van der Waals surface area contributed by atoms with Crippen molar-refractivity contribution in [3.63, 3.8) is 0 Å². The molecule has 1 aliphatic heterocycles. The molecule has 1 aromatic rings. The molecule has 0 unspecified atom stereocenters. The highest BCUT2D eigenvalue weighted by Gasteiger charge is 2.80. The first-order chi connectivity index (χ1) is 14.9. The standard InChI is InChI=1S/C16H16F6N2O7S2/c1-2-11-3-5-12(6-4-11)31-13(25)23-7-9-24(10-8-23)32(26,27)15(19,20)14(17,18)16(21,22)33(28,29)30/h2-6H,1,7-10H2,(H,28,29,30)/p-1. The quantitative estimate of drug-likeness (QED) is 0.395. The first-order valence-corrected chi connectivity index (χ1v) is 11.5. The van der Waals surface area contributed by atoms with Crippen LogP contribution in [0.25, 0.3) is 6.08 Å². The summed E-state index contributed by atoms with van der Waals surface area (Å²) in [6.45, 7) is 0.151. The van der Waals surface area contributed by atoms with Crippen LogP contribution in [0.3, 0.4) is 0 Å². The predicted molar refractivity (Wildman–Crippen MR) is 99.2 cm³/mol. The van der Waals surface area contributed by atoms with E-state index in [-0.39, 0.29) is 10.1 Å². The lowest BCUT2D eigenvalue weighted by atomic mass is 10.2. The van der Waals surface area contributed by atoms with Gasteiger partial charge in [0.1, 0.15) is 5.75 Å². The summed E-state index contributed by atoms with van der Waals surface area (Å²) >= 11 is 0. The van der Waals surface area contributed by atoms with Gasteiger partial charge in [0.05, 0.1) is 0 Å². The number of alkyl halides is 6. The zero-order valence-electron chi connectivity index (χ0n) is 16.3. The monoisotopic (exact) mass is 525 g/mol. The summed E-state index contributed by atoms with van der Waals surface area (Å²) in [7, 11) is -14.0. The zero-order chi connectivity index (χ0) is 25.5. The third kappa shape index (κ3) is 4.67. The van der Waals surface area contributed by atoms with Gasteiger partial charge in [0.2, 0.25) is 0 Å². The van der Waals surface area contributed by atoms with Gasteiger partial charge in [0, 0.05) is 26.2 Å². The second-order valence-corrected chi connectivity index (χ2v) is 9.99. The largest absolute Gasteiger partial charge is 0.743 e. The van der Waals surface area contributed by atoms with Crippen LogP contribution < -0.4 is 4.74 Å². The number of amides is 1. The fraction of sp³-hybridized carbons (Fsp3) is 0.438. The molecule has 33 heavy (non-hydrogen) atoms. The van der Waals surface area contributed by atoms with Crippen molar-refractivity contribution in [2.75, 3.05) is 26.2 Å². The lowest BCUT2D eigenvalue weighted by molar-refractivity contribution is -0.247. The van der Waals surface area contributed by atoms with E-state index in [1.165, 1.54) is 18.2 Å². The average Bonchev–Trinajstić information content (AvgIpc) is 2.73. The Morgan fingerprint density at radius 2 is 1.42 bits per heavy atom. The van der Waals surface area contributed by atoms with Crippen molar-refractivity contribution in [1.29, 1.82) is 0 Å². The van der Waals surface area contributed by atoms with Crippen LogP contribution in [0.15, 0.2) is 30.8 Å². The summed E-state index contributed by atoms with van der Waals surface area (Å²) in [6.07, 6.45) is 0.465. The maximum absolute atomic E-state index is 14.0. The number of ether oxygens (including phenoxy) is 1. The average molecular weight is 525 g/mol. The van der Waals surface area contributed by atoms with E-state index in [1.807, 2.05) is 0 Å². The van der Waals surface area contributed by atoms with Gasteiger partial charge in [-0.1, -0.05) is 24.8 Å². The van der Waals surface area contributed by atoms with Gasteiger partial charge in [0.25, 0.3) is 10.0 Å². The molecule has 0 saturated carbocycles. The summed E-state index contributed by atoms with van der Waals surface area (Å²) in [5.74, 6) is -7.03. The number of hydrogen-bond acceptors (Lipinski definition) is 7. The topological polar surface area (TPSA) is 124 Å². The molecule has 0 spiro atoms. The van der Waals surface area contributed by atoms with Crippen LogP contribution >= 0.6 is 0 Å². The van der Waals surface area contributed by atoms with Gasteiger partial charge in [-0.2, -0.15) is 30.6 Å². The number of carbonyl (C=O) groups is 1. The number of nitrogens with zero attached hydrogens (tertiary/aromatic N) is 2. The van der Waals surface area contributed by atoms with Crippen LogP contribution in [0.1, 0.15) is 5.56 Å². The zero-order valence-corrected chi connectivity index (χ0v) is 17.9. The number of carbonyl (C=O) groups excluding carboxylic acids is 1. The van der Waals surface area contributed by atoms with Crippen molar-refractivity contribution < 1.29 is 57.3 Å². The van der Waals surface area contributed by atoms with Crippen LogP contribution in [0.5, 0.6) is 5.75 Å². The maximum atomic E-state index is 14.0. The molecule has 0 aromatic heterocycles. The highest BCUT2D eigenvalue weighted by Crippen LogP contribution is 2.51. The van der Waals surface area contributed by atoms with Crippen LogP contribution in [-0.2, 0) is 20.1 Å². The Morgan fingerprint density at radius 1 is 0.939 bits per heavy atom. The summed E-state index contributed by atoms with van der Waals surface area (Å²) in [5, 5.41) is -13.6. The van der Waals surface area contributed by atoms with Gasteiger partial charge in [-0.15, -0.1) is 0 Å². The van der Waals surface area contributed by atoms with Gasteiger partial charge in [0.15, 0.2) is 10.1 Å². The number of hydrogen-bond donors (Lipinski definition) is 0. The van der Waals surface area contributed by atoms with E-state index < -0.39 is 68.8 Å². The Bertz CT molecular complexity index is 1120. The van der Waals surface area contributed by atoms with E-state index in [9.17, 15) is 52.5 Å². The molecule has 0 bridgehead atoms. The summed E-state index contributed by atoms with van der Waals surface area (Å²) in [4.78, 5) is 13.0. The molecular formula is C16H15F6N2O7S2-. The molecular weight excluding hydrogens is 510 g/mol. The summed E-state index contributed by atoms with van der Waals surface area (Å²) < 4.78 is 142. The molecule has 1 fully saturated rings. The summed E-state index contributed by atoms with van der Waals surface area (Å²) in [6, 6.07) is 5.87. The molecule has 0 N–H and O–H groups in total. The highest BCUT2D eigenvalue weighted by atomic mass is 32.2. The number of benzene rings is 1. The van der Waals surface area contributed by atoms with E-state index in [0.717, 1.165) is 4.90 Å². The van der Waals surface area contributed by atoms with E-state index in [4.69, 9.17) is 4.74 Å². The number of rotatable bonds is 7.